The molecule has 2 aromatic heterocycles. The molecule has 0 saturated heterocycles. The lowest BCUT2D eigenvalue weighted by Crippen LogP contribution is -1.77. The van der Waals surface area contributed by atoms with E-state index in [1.807, 2.05) is 24.3 Å². The van der Waals surface area contributed by atoms with Crippen molar-refractivity contribution in [1.82, 2.24) is 10.2 Å². The van der Waals surface area contributed by atoms with Gasteiger partial charge in [-0.25, -0.2) is 4.39 Å². The summed E-state index contributed by atoms with van der Waals surface area (Å²) in [7, 11) is 0. The van der Waals surface area contributed by atoms with E-state index in [2.05, 4.69) is 10.2 Å². The zero-order valence-electron chi connectivity index (χ0n) is 12.2. The van der Waals surface area contributed by atoms with E-state index in [-0.39, 0.29) is 5.82 Å². The van der Waals surface area contributed by atoms with Crippen molar-refractivity contribution in [2.24, 2.45) is 0 Å². The molecule has 0 N–H and O–H groups in total. The first kappa shape index (κ1) is 15.1. The number of rotatable bonds is 3. The van der Waals surface area contributed by atoms with E-state index < -0.39 is 0 Å². The van der Waals surface area contributed by atoms with Crippen LogP contribution in [0.5, 0.6) is 0 Å². The molecule has 0 saturated carbocycles. The molecule has 0 aliphatic carbocycles. The Morgan fingerprint density at radius 3 is 2.50 bits per heavy atom. The predicted molar refractivity (Wildman–Crippen MR) is 93.5 cm³/mol. The van der Waals surface area contributed by atoms with E-state index >= 15 is 0 Å². The van der Waals surface area contributed by atoms with Gasteiger partial charge in [0.15, 0.2) is 10.8 Å². The minimum atomic E-state index is -0.303. The van der Waals surface area contributed by atoms with Gasteiger partial charge >= 0.3 is 0 Å². The van der Waals surface area contributed by atoms with E-state index in [9.17, 15) is 4.39 Å². The molecule has 6 heteroatoms. The number of benzene rings is 2. The first-order valence-corrected chi connectivity index (χ1v) is 8.35. The Morgan fingerprint density at radius 2 is 1.67 bits per heavy atom. The average molecular weight is 357 g/mol. The van der Waals surface area contributed by atoms with Gasteiger partial charge in [0.05, 0.1) is 5.02 Å². The van der Waals surface area contributed by atoms with Crippen LogP contribution in [0.1, 0.15) is 0 Å². The Morgan fingerprint density at radius 1 is 0.875 bits per heavy atom. The zero-order chi connectivity index (χ0) is 16.5. The summed E-state index contributed by atoms with van der Waals surface area (Å²) in [4.78, 5) is 0. The second kappa shape index (κ2) is 6.19. The van der Waals surface area contributed by atoms with Gasteiger partial charge in [0, 0.05) is 11.1 Å². The number of halogens is 2. The minimum Gasteiger partial charge on any atom is -0.453 e. The molecule has 0 amide bonds. The summed E-state index contributed by atoms with van der Waals surface area (Å²) in [5, 5.41) is 10.3. The first-order valence-electron chi connectivity index (χ1n) is 7.15. The largest absolute Gasteiger partial charge is 0.453 e. The third-order valence-corrected chi connectivity index (χ3v) is 4.76. The van der Waals surface area contributed by atoms with Crippen molar-refractivity contribution in [2.75, 3.05) is 0 Å². The molecule has 0 fully saturated rings. The molecule has 2 heterocycles. The van der Waals surface area contributed by atoms with E-state index in [0.29, 0.717) is 27.1 Å². The Balaban J connectivity index is 1.68. The van der Waals surface area contributed by atoms with E-state index in [1.165, 1.54) is 23.5 Å². The molecule has 4 aromatic rings. The molecule has 118 valence electrons. The molecular weight excluding hydrogens is 347 g/mol. The van der Waals surface area contributed by atoms with Crippen molar-refractivity contribution in [2.45, 2.75) is 0 Å². The average Bonchev–Trinajstić information content (AvgIpc) is 3.25. The molecule has 2 aromatic carbocycles. The Kier molecular flexibility index (Phi) is 3.88. The van der Waals surface area contributed by atoms with Crippen LogP contribution in [0.3, 0.4) is 0 Å². The summed E-state index contributed by atoms with van der Waals surface area (Å²) < 4.78 is 19.1. The summed E-state index contributed by atoms with van der Waals surface area (Å²) in [5.41, 5.74) is 1.51. The SMILES string of the molecule is Fc1cccc(-c2ccc(-c3nnc(-c4ccccc4Cl)s3)o2)c1. The monoisotopic (exact) mass is 356 g/mol. The Hall–Kier alpha value is -2.50. The van der Waals surface area contributed by atoms with Crippen molar-refractivity contribution in [3.63, 3.8) is 0 Å². The molecule has 0 bridgehead atoms. The van der Waals surface area contributed by atoms with Gasteiger partial charge in [0.2, 0.25) is 0 Å². The standard InChI is InChI=1S/C18H10ClFN2OS/c19-14-7-2-1-6-13(14)17-21-22-18(24-17)16-9-8-15(23-16)11-4-3-5-12(20)10-11/h1-10H. The zero-order valence-corrected chi connectivity index (χ0v) is 13.8. The number of nitrogens with zero attached hydrogens (tertiary/aromatic N) is 2. The van der Waals surface area contributed by atoms with Crippen molar-refractivity contribution in [3.8, 4) is 32.7 Å². The van der Waals surface area contributed by atoms with Gasteiger partial charge in [-0.2, -0.15) is 0 Å². The molecule has 0 atom stereocenters. The molecule has 4 rings (SSSR count). The molecular formula is C18H10ClFN2OS. The summed E-state index contributed by atoms with van der Waals surface area (Å²) in [6.45, 7) is 0. The van der Waals surface area contributed by atoms with Crippen LogP contribution in [0, 0.1) is 5.82 Å². The normalized spacial score (nSPS) is 10.9. The van der Waals surface area contributed by atoms with E-state index in [4.69, 9.17) is 16.0 Å². The summed E-state index contributed by atoms with van der Waals surface area (Å²) in [5.74, 6) is 0.867. The van der Waals surface area contributed by atoms with Crippen molar-refractivity contribution in [3.05, 3.63) is 71.5 Å². The van der Waals surface area contributed by atoms with Crippen LogP contribution in [0.2, 0.25) is 5.02 Å². The maximum absolute atomic E-state index is 13.3. The third-order valence-electron chi connectivity index (χ3n) is 3.46. The van der Waals surface area contributed by atoms with Crippen LogP contribution < -0.4 is 0 Å². The second-order valence-corrected chi connectivity index (χ2v) is 6.45. The van der Waals surface area contributed by atoms with Gasteiger partial charge in [-0.3, -0.25) is 0 Å². The van der Waals surface area contributed by atoms with Crippen molar-refractivity contribution < 1.29 is 8.81 Å². The Bertz CT molecular complexity index is 1010. The number of furan rings is 1. The highest BCUT2D eigenvalue weighted by Gasteiger charge is 2.14. The fourth-order valence-electron chi connectivity index (χ4n) is 2.32. The maximum Gasteiger partial charge on any atom is 0.183 e. The van der Waals surface area contributed by atoms with Gasteiger partial charge in [-0.1, -0.05) is 53.3 Å². The minimum absolute atomic E-state index is 0.303. The summed E-state index contributed by atoms with van der Waals surface area (Å²) >= 11 is 7.58. The smallest absolute Gasteiger partial charge is 0.183 e. The fraction of sp³-hybridized carbons (Fsp3) is 0. The van der Waals surface area contributed by atoms with Gasteiger partial charge in [-0.15, -0.1) is 10.2 Å². The van der Waals surface area contributed by atoms with Gasteiger partial charge < -0.3 is 4.42 Å². The summed E-state index contributed by atoms with van der Waals surface area (Å²) in [6.07, 6.45) is 0. The van der Waals surface area contributed by atoms with Crippen molar-refractivity contribution >= 4 is 22.9 Å². The molecule has 24 heavy (non-hydrogen) atoms. The van der Waals surface area contributed by atoms with Crippen LogP contribution >= 0.6 is 22.9 Å². The highest BCUT2D eigenvalue weighted by molar-refractivity contribution is 7.17. The van der Waals surface area contributed by atoms with Crippen LogP contribution in [-0.2, 0) is 0 Å². The van der Waals surface area contributed by atoms with Gasteiger partial charge in [0.1, 0.15) is 16.6 Å². The van der Waals surface area contributed by atoms with Crippen LogP contribution in [0.25, 0.3) is 32.7 Å². The molecule has 0 radical (unpaired) electrons. The second-order valence-electron chi connectivity index (χ2n) is 5.07. The molecule has 0 aliphatic rings. The molecule has 3 nitrogen and oxygen atoms in total. The topological polar surface area (TPSA) is 38.9 Å². The molecule has 0 unspecified atom stereocenters. The van der Waals surface area contributed by atoms with Crippen molar-refractivity contribution in [1.29, 1.82) is 0 Å². The van der Waals surface area contributed by atoms with Crippen LogP contribution in [-0.4, -0.2) is 10.2 Å². The lowest BCUT2D eigenvalue weighted by atomic mass is 10.2. The molecule has 0 spiro atoms. The number of aromatic nitrogens is 2. The highest BCUT2D eigenvalue weighted by Crippen LogP contribution is 2.35. The van der Waals surface area contributed by atoms with Crippen LogP contribution in [0.4, 0.5) is 4.39 Å². The van der Waals surface area contributed by atoms with Gasteiger partial charge in [-0.05, 0) is 30.3 Å². The maximum atomic E-state index is 13.3. The number of hydrogen-bond acceptors (Lipinski definition) is 4. The third kappa shape index (κ3) is 2.84. The molecule has 0 aliphatic heterocycles. The Labute approximate surface area is 146 Å². The lowest BCUT2D eigenvalue weighted by Gasteiger charge is -1.97. The van der Waals surface area contributed by atoms with Gasteiger partial charge in [0.25, 0.3) is 0 Å². The summed E-state index contributed by atoms with van der Waals surface area (Å²) in [6, 6.07) is 17.3. The first-order chi connectivity index (χ1) is 11.7. The predicted octanol–water partition coefficient (Wildman–Crippen LogP) is 5.92. The fourth-order valence-corrected chi connectivity index (χ4v) is 3.44. The number of hydrogen-bond donors (Lipinski definition) is 0. The van der Waals surface area contributed by atoms with E-state index in [1.54, 1.807) is 24.3 Å². The highest BCUT2D eigenvalue weighted by atomic mass is 35.5. The van der Waals surface area contributed by atoms with Crippen LogP contribution in [0.15, 0.2) is 65.1 Å². The quantitative estimate of drug-likeness (QED) is 0.457. The van der Waals surface area contributed by atoms with E-state index in [0.717, 1.165) is 10.6 Å². The lowest BCUT2D eigenvalue weighted by molar-refractivity contribution is 0.592.